The SMILES string of the molecule is CC(=O)c1ccc(NC(=O)[C@@H](C)Sc2nc3c(cnn3-c3ccc(C)cc3)c(=O)[nH]2)cc1. The number of aromatic amines is 1. The normalized spacial score (nSPS) is 12.0. The van der Waals surface area contributed by atoms with Crippen LogP contribution in [0, 0.1) is 6.92 Å². The Morgan fingerprint density at radius 2 is 1.78 bits per heavy atom. The van der Waals surface area contributed by atoms with Crippen LogP contribution in [-0.4, -0.2) is 36.7 Å². The molecule has 1 atom stereocenters. The number of thioether (sulfide) groups is 1. The number of H-pyrrole nitrogens is 1. The van der Waals surface area contributed by atoms with Crippen molar-refractivity contribution >= 4 is 40.2 Å². The lowest BCUT2D eigenvalue weighted by Crippen LogP contribution is -2.23. The Hall–Kier alpha value is -3.72. The Morgan fingerprint density at radius 1 is 1.09 bits per heavy atom. The standard InChI is InChI=1S/C23H21N5O3S/c1-13-4-10-18(11-5-13)28-20-19(12-24-28)22(31)27-23(26-20)32-15(3)21(30)25-17-8-6-16(7-9-17)14(2)29/h4-12,15H,1-3H3,(H,25,30)(H,26,27,31)/t15-/m1/s1. The maximum Gasteiger partial charge on any atom is 0.262 e. The van der Waals surface area contributed by atoms with Crippen LogP contribution in [0.25, 0.3) is 16.7 Å². The quantitative estimate of drug-likeness (QED) is 0.265. The highest BCUT2D eigenvalue weighted by molar-refractivity contribution is 8.00. The molecular weight excluding hydrogens is 426 g/mol. The summed E-state index contributed by atoms with van der Waals surface area (Å²) < 4.78 is 1.61. The molecule has 32 heavy (non-hydrogen) atoms. The number of carbonyl (C=O) groups is 2. The first-order chi connectivity index (χ1) is 15.3. The van der Waals surface area contributed by atoms with E-state index >= 15 is 0 Å². The summed E-state index contributed by atoms with van der Waals surface area (Å²) in [4.78, 5) is 43.8. The van der Waals surface area contributed by atoms with E-state index in [1.165, 1.54) is 13.1 Å². The van der Waals surface area contributed by atoms with Gasteiger partial charge >= 0.3 is 0 Å². The average Bonchev–Trinajstić information content (AvgIpc) is 3.19. The molecule has 0 bridgehead atoms. The third kappa shape index (κ3) is 4.47. The zero-order chi connectivity index (χ0) is 22.8. The second-order valence-corrected chi connectivity index (χ2v) is 8.71. The topological polar surface area (TPSA) is 110 Å². The lowest BCUT2D eigenvalue weighted by atomic mass is 10.1. The van der Waals surface area contributed by atoms with Crippen molar-refractivity contribution in [3.05, 3.63) is 76.2 Å². The zero-order valence-electron chi connectivity index (χ0n) is 17.7. The molecule has 2 aromatic carbocycles. The Kier molecular flexibility index (Phi) is 5.91. The average molecular weight is 448 g/mol. The van der Waals surface area contributed by atoms with E-state index in [4.69, 9.17) is 0 Å². The van der Waals surface area contributed by atoms with Gasteiger partial charge in [0.1, 0.15) is 5.39 Å². The summed E-state index contributed by atoms with van der Waals surface area (Å²) in [6, 6.07) is 14.4. The van der Waals surface area contributed by atoms with E-state index in [0.29, 0.717) is 27.4 Å². The third-order valence-electron chi connectivity index (χ3n) is 4.91. The number of nitrogens with zero attached hydrogens (tertiary/aromatic N) is 3. The predicted octanol–water partition coefficient (Wildman–Crippen LogP) is 3.74. The first kappa shape index (κ1) is 21.5. The van der Waals surface area contributed by atoms with Gasteiger partial charge < -0.3 is 10.3 Å². The molecule has 0 saturated carbocycles. The van der Waals surface area contributed by atoms with Crippen LogP contribution < -0.4 is 10.9 Å². The smallest absolute Gasteiger partial charge is 0.262 e. The minimum absolute atomic E-state index is 0.0397. The van der Waals surface area contributed by atoms with E-state index in [9.17, 15) is 14.4 Å². The Bertz CT molecular complexity index is 1360. The number of benzene rings is 2. The number of rotatable bonds is 6. The van der Waals surface area contributed by atoms with E-state index in [2.05, 4.69) is 20.4 Å². The summed E-state index contributed by atoms with van der Waals surface area (Å²) in [6.07, 6.45) is 1.48. The lowest BCUT2D eigenvalue weighted by molar-refractivity contribution is -0.115. The first-order valence-electron chi connectivity index (χ1n) is 9.95. The maximum atomic E-state index is 12.6. The Morgan fingerprint density at radius 3 is 2.44 bits per heavy atom. The molecule has 0 aliphatic heterocycles. The lowest BCUT2D eigenvalue weighted by Gasteiger charge is -2.12. The second-order valence-electron chi connectivity index (χ2n) is 7.38. The van der Waals surface area contributed by atoms with Crippen molar-refractivity contribution in [2.24, 2.45) is 0 Å². The molecule has 162 valence electrons. The number of anilines is 1. The fourth-order valence-electron chi connectivity index (χ4n) is 3.08. The van der Waals surface area contributed by atoms with Gasteiger partial charge in [-0.15, -0.1) is 0 Å². The van der Waals surface area contributed by atoms with Crippen LogP contribution in [0.15, 0.2) is 64.7 Å². The molecule has 0 unspecified atom stereocenters. The fourth-order valence-corrected chi connectivity index (χ4v) is 3.87. The van der Waals surface area contributed by atoms with Gasteiger partial charge in [0.05, 0.1) is 17.1 Å². The number of fused-ring (bicyclic) bond motifs is 1. The van der Waals surface area contributed by atoms with Crippen molar-refractivity contribution < 1.29 is 9.59 Å². The van der Waals surface area contributed by atoms with Crippen molar-refractivity contribution in [2.75, 3.05) is 5.32 Å². The van der Waals surface area contributed by atoms with Crippen molar-refractivity contribution in [3.8, 4) is 5.69 Å². The number of hydrogen-bond acceptors (Lipinski definition) is 6. The summed E-state index contributed by atoms with van der Waals surface area (Å²) in [7, 11) is 0. The van der Waals surface area contributed by atoms with Gasteiger partial charge in [-0.25, -0.2) is 9.67 Å². The van der Waals surface area contributed by atoms with Gasteiger partial charge in [0.25, 0.3) is 5.56 Å². The Labute approximate surface area is 188 Å². The fraction of sp³-hybridized carbons (Fsp3) is 0.174. The Balaban J connectivity index is 1.54. The second kappa shape index (κ2) is 8.80. The van der Waals surface area contributed by atoms with Crippen LogP contribution in [0.4, 0.5) is 5.69 Å². The number of aromatic nitrogens is 4. The minimum Gasteiger partial charge on any atom is -0.325 e. The highest BCUT2D eigenvalue weighted by Gasteiger charge is 2.18. The molecule has 0 saturated heterocycles. The van der Waals surface area contributed by atoms with Gasteiger partial charge in [0.2, 0.25) is 5.91 Å². The van der Waals surface area contributed by atoms with Gasteiger partial charge in [-0.05, 0) is 57.2 Å². The van der Waals surface area contributed by atoms with Crippen LogP contribution >= 0.6 is 11.8 Å². The van der Waals surface area contributed by atoms with E-state index in [0.717, 1.165) is 23.0 Å². The van der Waals surface area contributed by atoms with Gasteiger partial charge in [0, 0.05) is 11.3 Å². The summed E-state index contributed by atoms with van der Waals surface area (Å²) in [5.74, 6) is -0.289. The molecule has 0 spiro atoms. The molecule has 1 amide bonds. The van der Waals surface area contributed by atoms with Crippen molar-refractivity contribution in [1.29, 1.82) is 0 Å². The van der Waals surface area contributed by atoms with Gasteiger partial charge in [-0.3, -0.25) is 14.4 Å². The van der Waals surface area contributed by atoms with Crippen LogP contribution in [-0.2, 0) is 4.79 Å². The first-order valence-corrected chi connectivity index (χ1v) is 10.8. The number of carbonyl (C=O) groups excluding carboxylic acids is 2. The number of Topliss-reactive ketones (excluding diaryl/α,β-unsaturated/α-hetero) is 1. The number of ketones is 1. The summed E-state index contributed by atoms with van der Waals surface area (Å²) >= 11 is 1.14. The van der Waals surface area contributed by atoms with Crippen molar-refractivity contribution in [3.63, 3.8) is 0 Å². The molecule has 4 rings (SSSR count). The molecule has 0 aliphatic rings. The molecule has 0 radical (unpaired) electrons. The van der Waals surface area contributed by atoms with Crippen LogP contribution in [0.1, 0.15) is 29.8 Å². The predicted molar refractivity (Wildman–Crippen MR) is 125 cm³/mol. The summed E-state index contributed by atoms with van der Waals surface area (Å²) in [5, 5.41) is 7.29. The molecule has 8 nitrogen and oxygen atoms in total. The van der Waals surface area contributed by atoms with E-state index in [1.54, 1.807) is 35.9 Å². The third-order valence-corrected chi connectivity index (χ3v) is 5.90. The molecule has 0 fully saturated rings. The number of nitrogens with one attached hydrogen (secondary N) is 2. The molecule has 2 aromatic heterocycles. The highest BCUT2D eigenvalue weighted by atomic mass is 32.2. The van der Waals surface area contributed by atoms with E-state index < -0.39 is 5.25 Å². The number of aryl methyl sites for hydroxylation is 1. The van der Waals surface area contributed by atoms with Gasteiger partial charge in [-0.2, -0.15) is 5.10 Å². The molecular formula is C23H21N5O3S. The molecule has 2 heterocycles. The number of amides is 1. The van der Waals surface area contributed by atoms with Gasteiger partial charge in [-0.1, -0.05) is 29.5 Å². The monoisotopic (exact) mass is 447 g/mol. The van der Waals surface area contributed by atoms with E-state index in [-0.39, 0.29) is 17.2 Å². The van der Waals surface area contributed by atoms with Crippen molar-refractivity contribution in [2.45, 2.75) is 31.2 Å². The van der Waals surface area contributed by atoms with Crippen LogP contribution in [0.3, 0.4) is 0 Å². The molecule has 4 aromatic rings. The summed E-state index contributed by atoms with van der Waals surface area (Å²) in [6.45, 7) is 5.21. The number of hydrogen-bond donors (Lipinski definition) is 2. The molecule has 0 aliphatic carbocycles. The van der Waals surface area contributed by atoms with E-state index in [1.807, 2.05) is 31.2 Å². The van der Waals surface area contributed by atoms with Gasteiger partial charge in [0.15, 0.2) is 16.6 Å². The molecule has 2 N–H and O–H groups in total. The van der Waals surface area contributed by atoms with Crippen LogP contribution in [0.2, 0.25) is 0 Å². The maximum absolute atomic E-state index is 12.6. The minimum atomic E-state index is -0.529. The summed E-state index contributed by atoms with van der Waals surface area (Å²) in [5.41, 5.74) is 3.17. The largest absolute Gasteiger partial charge is 0.325 e. The zero-order valence-corrected chi connectivity index (χ0v) is 18.6. The van der Waals surface area contributed by atoms with Crippen LogP contribution in [0.5, 0.6) is 0 Å². The van der Waals surface area contributed by atoms with Crippen molar-refractivity contribution in [1.82, 2.24) is 19.7 Å². The highest BCUT2D eigenvalue weighted by Crippen LogP contribution is 2.23. The molecule has 9 heteroatoms.